The molecule has 0 unspecified atom stereocenters. The number of carbonyl (C=O) groups is 1. The molecule has 0 saturated heterocycles. The molecule has 31 heavy (non-hydrogen) atoms. The van der Waals surface area contributed by atoms with Crippen molar-refractivity contribution in [1.29, 1.82) is 0 Å². The molecule has 1 N–H and O–H groups in total. The van der Waals surface area contributed by atoms with Crippen molar-refractivity contribution >= 4 is 11.8 Å². The number of hydrogen-bond donors (Lipinski definition) is 1. The fourth-order valence-corrected chi connectivity index (χ4v) is 2.57. The van der Waals surface area contributed by atoms with Crippen molar-refractivity contribution in [1.82, 2.24) is 15.0 Å². The Bertz CT molecular complexity index is 989. The number of pyridine rings is 1. The molecule has 9 heteroatoms. The minimum atomic E-state index is -0.381. The molecule has 3 rings (SSSR count). The molecular weight excluding hydrogens is 400 g/mol. The maximum atomic E-state index is 11.9. The minimum Gasteiger partial charge on any atom is -0.481 e. The van der Waals surface area contributed by atoms with Crippen molar-refractivity contribution in [3.8, 4) is 23.5 Å². The quantitative estimate of drug-likeness (QED) is 0.486. The Morgan fingerprint density at radius 2 is 1.77 bits per heavy atom. The van der Waals surface area contributed by atoms with Crippen LogP contribution in [-0.2, 0) is 11.3 Å². The van der Waals surface area contributed by atoms with Crippen LogP contribution in [0.25, 0.3) is 0 Å². The van der Waals surface area contributed by atoms with Crippen LogP contribution in [0.5, 0.6) is 23.5 Å². The molecule has 0 saturated carbocycles. The average molecular weight is 424 g/mol. The lowest BCUT2D eigenvalue weighted by Gasteiger charge is -2.12. The number of para-hydroxylation sites is 1. The van der Waals surface area contributed by atoms with Crippen LogP contribution in [0.15, 0.2) is 48.7 Å². The third kappa shape index (κ3) is 6.05. The molecule has 2 heterocycles. The highest BCUT2D eigenvalue weighted by atomic mass is 16.5. The number of ether oxygens (including phenoxy) is 4. The third-order valence-electron chi connectivity index (χ3n) is 4.15. The van der Waals surface area contributed by atoms with E-state index in [0.717, 1.165) is 12.0 Å². The summed E-state index contributed by atoms with van der Waals surface area (Å²) in [6, 6.07) is 12.5. The van der Waals surface area contributed by atoms with Crippen LogP contribution in [-0.4, -0.2) is 41.7 Å². The zero-order chi connectivity index (χ0) is 22.1. The van der Waals surface area contributed by atoms with Crippen molar-refractivity contribution in [2.24, 2.45) is 0 Å². The summed E-state index contributed by atoms with van der Waals surface area (Å²) in [7, 11) is 3.01. The Morgan fingerprint density at radius 1 is 1.03 bits per heavy atom. The lowest BCUT2D eigenvalue weighted by atomic mass is 10.2. The van der Waals surface area contributed by atoms with Gasteiger partial charge in [-0.2, -0.15) is 9.97 Å². The first kappa shape index (κ1) is 21.8. The van der Waals surface area contributed by atoms with Crippen LogP contribution >= 0.6 is 0 Å². The molecule has 1 aromatic carbocycles. The first-order valence-electron chi connectivity index (χ1n) is 9.72. The van der Waals surface area contributed by atoms with Gasteiger partial charge in [-0.05, 0) is 24.6 Å². The van der Waals surface area contributed by atoms with Gasteiger partial charge in [-0.3, -0.25) is 0 Å². The molecule has 0 radical (unpaired) electrons. The molecule has 0 aliphatic heterocycles. The largest absolute Gasteiger partial charge is 0.481 e. The topological polar surface area (TPSA) is 105 Å². The SMILES string of the molecule is CCCOC(=O)c1ccc(NCc2ccccc2Oc2nc(OC)cc(OC)n2)nc1. The summed E-state index contributed by atoms with van der Waals surface area (Å²) in [6.45, 7) is 2.76. The number of aromatic nitrogens is 3. The number of anilines is 1. The third-order valence-corrected chi connectivity index (χ3v) is 4.15. The second-order valence-corrected chi connectivity index (χ2v) is 6.37. The van der Waals surface area contributed by atoms with Crippen molar-refractivity contribution in [3.05, 3.63) is 59.8 Å². The van der Waals surface area contributed by atoms with E-state index in [1.54, 1.807) is 18.2 Å². The number of hydrogen-bond acceptors (Lipinski definition) is 9. The summed E-state index contributed by atoms with van der Waals surface area (Å²) in [5, 5.41) is 3.21. The van der Waals surface area contributed by atoms with Crippen molar-refractivity contribution in [3.63, 3.8) is 0 Å². The highest BCUT2D eigenvalue weighted by Gasteiger charge is 2.11. The van der Waals surface area contributed by atoms with Gasteiger partial charge in [-0.15, -0.1) is 0 Å². The van der Waals surface area contributed by atoms with Gasteiger partial charge >= 0.3 is 12.0 Å². The van der Waals surface area contributed by atoms with E-state index in [0.29, 0.717) is 42.0 Å². The normalized spacial score (nSPS) is 10.3. The Labute approximate surface area is 180 Å². The van der Waals surface area contributed by atoms with Gasteiger partial charge in [0, 0.05) is 18.3 Å². The van der Waals surface area contributed by atoms with E-state index in [1.165, 1.54) is 20.4 Å². The van der Waals surface area contributed by atoms with E-state index >= 15 is 0 Å². The number of nitrogens with one attached hydrogen (secondary N) is 1. The van der Waals surface area contributed by atoms with Gasteiger partial charge in [-0.1, -0.05) is 25.1 Å². The van der Waals surface area contributed by atoms with Gasteiger partial charge in [-0.25, -0.2) is 9.78 Å². The fourth-order valence-electron chi connectivity index (χ4n) is 2.57. The lowest BCUT2D eigenvalue weighted by molar-refractivity contribution is 0.0504. The summed E-state index contributed by atoms with van der Waals surface area (Å²) >= 11 is 0. The molecule has 0 spiro atoms. The summed E-state index contributed by atoms with van der Waals surface area (Å²) in [5.74, 6) is 1.47. The van der Waals surface area contributed by atoms with Crippen LogP contribution < -0.4 is 19.5 Å². The van der Waals surface area contributed by atoms with Crippen LogP contribution in [0.2, 0.25) is 0 Å². The Hall–Kier alpha value is -3.88. The number of benzene rings is 1. The molecule has 0 fully saturated rings. The van der Waals surface area contributed by atoms with Gasteiger partial charge in [0.15, 0.2) is 0 Å². The second kappa shape index (κ2) is 10.8. The maximum Gasteiger partial charge on any atom is 0.339 e. The molecule has 0 bridgehead atoms. The van der Waals surface area contributed by atoms with Gasteiger partial charge in [0.05, 0.1) is 32.5 Å². The Morgan fingerprint density at radius 3 is 2.42 bits per heavy atom. The van der Waals surface area contributed by atoms with E-state index in [9.17, 15) is 4.79 Å². The highest BCUT2D eigenvalue weighted by Crippen LogP contribution is 2.27. The maximum absolute atomic E-state index is 11.9. The minimum absolute atomic E-state index is 0.108. The molecule has 0 aliphatic carbocycles. The molecular formula is C22H24N4O5. The number of esters is 1. The first-order valence-corrected chi connectivity index (χ1v) is 9.72. The van der Waals surface area contributed by atoms with E-state index < -0.39 is 0 Å². The number of nitrogens with zero attached hydrogens (tertiary/aromatic N) is 3. The van der Waals surface area contributed by atoms with Gasteiger partial charge in [0.2, 0.25) is 11.8 Å². The van der Waals surface area contributed by atoms with Crippen molar-refractivity contribution in [2.75, 3.05) is 26.1 Å². The van der Waals surface area contributed by atoms with Gasteiger partial charge in [0.25, 0.3) is 0 Å². The van der Waals surface area contributed by atoms with E-state index in [-0.39, 0.29) is 12.0 Å². The smallest absolute Gasteiger partial charge is 0.339 e. The number of rotatable bonds is 10. The number of methoxy groups -OCH3 is 2. The van der Waals surface area contributed by atoms with Crippen LogP contribution in [0.4, 0.5) is 5.82 Å². The van der Waals surface area contributed by atoms with E-state index in [2.05, 4.69) is 20.3 Å². The summed E-state index contributed by atoms with van der Waals surface area (Å²) in [6.07, 6.45) is 2.26. The van der Waals surface area contributed by atoms with Gasteiger partial charge < -0.3 is 24.3 Å². The van der Waals surface area contributed by atoms with Crippen LogP contribution in [0.1, 0.15) is 29.3 Å². The zero-order valence-electron chi connectivity index (χ0n) is 17.6. The standard InChI is InChI=1S/C22H24N4O5/c1-4-11-30-21(27)16-9-10-18(24-14-16)23-13-15-7-5-6-8-17(15)31-22-25-19(28-2)12-20(26-22)29-3/h5-10,12,14H,4,11,13H2,1-3H3,(H,23,24). The van der Waals surface area contributed by atoms with Crippen molar-refractivity contribution in [2.45, 2.75) is 19.9 Å². The van der Waals surface area contributed by atoms with Crippen LogP contribution in [0.3, 0.4) is 0 Å². The molecule has 0 atom stereocenters. The number of carbonyl (C=O) groups excluding carboxylic acids is 1. The van der Waals surface area contributed by atoms with E-state index in [1.807, 2.05) is 31.2 Å². The van der Waals surface area contributed by atoms with Crippen molar-refractivity contribution < 1.29 is 23.7 Å². The molecule has 162 valence electrons. The monoisotopic (exact) mass is 424 g/mol. The lowest BCUT2D eigenvalue weighted by Crippen LogP contribution is -2.08. The zero-order valence-corrected chi connectivity index (χ0v) is 17.6. The van der Waals surface area contributed by atoms with Crippen LogP contribution in [0, 0.1) is 0 Å². The summed E-state index contributed by atoms with van der Waals surface area (Å²) in [4.78, 5) is 24.5. The molecule has 9 nitrogen and oxygen atoms in total. The second-order valence-electron chi connectivity index (χ2n) is 6.37. The molecule has 0 aliphatic rings. The fraction of sp³-hybridized carbons (Fsp3) is 0.273. The Kier molecular flexibility index (Phi) is 7.58. The molecule has 3 aromatic rings. The average Bonchev–Trinajstić information content (AvgIpc) is 2.82. The molecule has 2 aromatic heterocycles. The summed E-state index contributed by atoms with van der Waals surface area (Å²) in [5.41, 5.74) is 1.27. The highest BCUT2D eigenvalue weighted by molar-refractivity contribution is 5.89. The predicted octanol–water partition coefficient (Wildman–Crippen LogP) is 3.86. The predicted molar refractivity (Wildman–Crippen MR) is 114 cm³/mol. The Balaban J connectivity index is 1.68. The first-order chi connectivity index (χ1) is 15.1. The van der Waals surface area contributed by atoms with E-state index in [4.69, 9.17) is 18.9 Å². The summed E-state index contributed by atoms with van der Waals surface area (Å²) < 4.78 is 21.3. The van der Waals surface area contributed by atoms with Gasteiger partial charge in [0.1, 0.15) is 11.6 Å². The molecule has 0 amide bonds.